The average Bonchev–Trinajstić information content (AvgIpc) is 3.81. The van der Waals surface area contributed by atoms with E-state index in [1.165, 1.54) is 35.9 Å². The van der Waals surface area contributed by atoms with Crippen molar-refractivity contribution >= 4 is 55.2 Å². The molecule has 1 aromatic heterocycles. The number of ether oxygens (including phenoxy) is 1. The second kappa shape index (κ2) is 19.2. The third-order valence-corrected chi connectivity index (χ3v) is 11.8. The highest BCUT2D eigenvalue weighted by Gasteiger charge is 2.50. The molecule has 62 heavy (non-hydrogen) atoms. The van der Waals surface area contributed by atoms with Gasteiger partial charge in [-0.15, -0.1) is 0 Å². The van der Waals surface area contributed by atoms with E-state index in [2.05, 4.69) is 26.3 Å². The summed E-state index contributed by atoms with van der Waals surface area (Å²) in [5.74, 6) is -7.35. The number of pyridine rings is 1. The Kier molecular flexibility index (Phi) is 14.2. The van der Waals surface area contributed by atoms with Gasteiger partial charge in [0.15, 0.2) is 0 Å². The standard InChI is InChI=1S/C39H49F2N8O12P/c1-20-12-30-38(55)60-22(3)32(46-33(50)27(15-23-13-24(40)16-25(41)14-23)44-39(56)45-31-9-4-6-10-42-31)37(54)49-19-26(61-62(57,58)59)17-29(49)36(53)47-11-7-5-8-28(47)34(51)43-21(2)35(52)48(30)18-20/h4,6,9-10,13-14,16,20-22,26-30,32H,5,7-8,11-12,15,17-19H2,1-3H3,(H,43,51)(H,46,50)(H2,57,58,59)(H2,42,44,45,56)/t20-,21+,22+,26-,27+,28+,29+,30+,32+/m1/s1. The van der Waals surface area contributed by atoms with E-state index in [9.17, 15) is 56.7 Å². The monoisotopic (exact) mass is 890 g/mol. The zero-order valence-electron chi connectivity index (χ0n) is 34.1. The highest BCUT2D eigenvalue weighted by Crippen LogP contribution is 2.41. The zero-order valence-corrected chi connectivity index (χ0v) is 35.0. The molecule has 6 rings (SSSR count). The first-order chi connectivity index (χ1) is 29.3. The number of halogens is 2. The topological polar surface area (TPSA) is 266 Å². The van der Waals surface area contributed by atoms with Gasteiger partial charge in [-0.25, -0.2) is 27.9 Å². The van der Waals surface area contributed by atoms with Gasteiger partial charge in [-0.3, -0.25) is 33.8 Å². The number of carbonyl (C=O) groups is 7. The van der Waals surface area contributed by atoms with Crippen molar-refractivity contribution in [2.75, 3.05) is 25.0 Å². The van der Waals surface area contributed by atoms with Crippen LogP contribution in [0.2, 0.25) is 0 Å². The number of aromatic nitrogens is 1. The van der Waals surface area contributed by atoms with Crippen molar-refractivity contribution in [3.8, 4) is 0 Å². The van der Waals surface area contributed by atoms with E-state index in [-0.39, 0.29) is 43.2 Å². The Balaban J connectivity index is 1.39. The van der Waals surface area contributed by atoms with Crippen LogP contribution >= 0.6 is 7.82 Å². The van der Waals surface area contributed by atoms with Crippen molar-refractivity contribution in [3.63, 3.8) is 0 Å². The number of piperidine rings is 1. The van der Waals surface area contributed by atoms with Gasteiger partial charge in [-0.05, 0) is 75.3 Å². The second-order valence-corrected chi connectivity index (χ2v) is 17.2. The van der Waals surface area contributed by atoms with E-state index in [1.54, 1.807) is 19.1 Å². The summed E-state index contributed by atoms with van der Waals surface area (Å²) in [6.07, 6.45) is -1.31. The number of rotatable bonds is 8. The molecule has 23 heteroatoms. The summed E-state index contributed by atoms with van der Waals surface area (Å²) in [4.78, 5) is 125. The fourth-order valence-corrected chi connectivity index (χ4v) is 8.94. The average molecular weight is 891 g/mol. The molecule has 4 aliphatic heterocycles. The first-order valence-electron chi connectivity index (χ1n) is 20.2. The first-order valence-corrected chi connectivity index (χ1v) is 21.7. The number of esters is 1. The molecule has 0 saturated carbocycles. The van der Waals surface area contributed by atoms with Gasteiger partial charge in [0.25, 0.3) is 0 Å². The maximum Gasteiger partial charge on any atom is 0.469 e. The Labute approximate surface area is 354 Å². The smallest absolute Gasteiger partial charge is 0.458 e. The molecule has 4 fully saturated rings. The number of fused-ring (bicyclic) bond motifs is 3. The van der Waals surface area contributed by atoms with Crippen LogP contribution in [0, 0.1) is 17.6 Å². The van der Waals surface area contributed by atoms with Crippen LogP contribution < -0.4 is 21.3 Å². The van der Waals surface area contributed by atoms with Crippen molar-refractivity contribution in [2.45, 2.75) is 108 Å². The Bertz CT molecular complexity index is 2100. The number of phosphoric acid groups is 1. The molecule has 20 nitrogen and oxygen atoms in total. The van der Waals surface area contributed by atoms with Crippen LogP contribution in [0.4, 0.5) is 19.4 Å². The minimum Gasteiger partial charge on any atom is -0.458 e. The van der Waals surface area contributed by atoms with Gasteiger partial charge >= 0.3 is 19.8 Å². The van der Waals surface area contributed by atoms with Crippen LogP contribution in [0.3, 0.4) is 0 Å². The van der Waals surface area contributed by atoms with E-state index in [0.717, 1.165) is 17.0 Å². The van der Waals surface area contributed by atoms with E-state index < -0.39 is 129 Å². The van der Waals surface area contributed by atoms with Gasteiger partial charge in [0.05, 0.1) is 6.10 Å². The van der Waals surface area contributed by atoms with Gasteiger partial charge in [-0.2, -0.15) is 0 Å². The molecular weight excluding hydrogens is 841 g/mol. The Morgan fingerprint density at radius 2 is 1.65 bits per heavy atom. The fourth-order valence-electron chi connectivity index (χ4n) is 8.40. The van der Waals surface area contributed by atoms with Gasteiger partial charge < -0.3 is 45.2 Å². The van der Waals surface area contributed by atoms with E-state index in [1.807, 2.05) is 0 Å². The lowest BCUT2D eigenvalue weighted by molar-refractivity contribution is -0.163. The molecule has 1 aromatic carbocycles. The number of cyclic esters (lactones) is 1. The summed E-state index contributed by atoms with van der Waals surface area (Å²) in [5.41, 5.74) is -0.0818. The predicted octanol–water partition coefficient (Wildman–Crippen LogP) is 0.724. The Morgan fingerprint density at radius 1 is 0.935 bits per heavy atom. The third kappa shape index (κ3) is 11.1. The van der Waals surface area contributed by atoms with Crippen molar-refractivity contribution in [1.82, 2.24) is 35.6 Å². The zero-order chi connectivity index (χ0) is 45.0. The molecule has 0 bridgehead atoms. The molecule has 336 valence electrons. The first kappa shape index (κ1) is 45.9. The number of hydrogen-bond donors (Lipinski definition) is 6. The highest BCUT2D eigenvalue weighted by molar-refractivity contribution is 7.46. The number of benzene rings is 1. The molecule has 0 spiro atoms. The van der Waals surface area contributed by atoms with Gasteiger partial charge in [-0.1, -0.05) is 13.0 Å². The van der Waals surface area contributed by atoms with Crippen molar-refractivity contribution in [3.05, 3.63) is 59.8 Å². The molecular formula is C39H49F2N8O12P. The fraction of sp³-hybridized carbons (Fsp3) is 0.538. The van der Waals surface area contributed by atoms with E-state index in [4.69, 9.17) is 9.26 Å². The lowest BCUT2D eigenvalue weighted by Crippen LogP contribution is -2.63. The summed E-state index contributed by atoms with van der Waals surface area (Å²) < 4.78 is 51.5. The molecule has 9 atom stereocenters. The third-order valence-electron chi connectivity index (χ3n) is 11.2. The Hall–Kier alpha value is -5.57. The van der Waals surface area contributed by atoms with Gasteiger partial charge in [0.1, 0.15) is 59.8 Å². The Morgan fingerprint density at radius 3 is 2.32 bits per heavy atom. The number of carbonyl (C=O) groups excluding carboxylic acids is 7. The lowest BCUT2D eigenvalue weighted by atomic mass is 9.98. The molecule has 0 unspecified atom stereocenters. The van der Waals surface area contributed by atoms with Crippen LogP contribution in [0.15, 0.2) is 42.6 Å². The maximum absolute atomic E-state index is 14.9. The predicted molar refractivity (Wildman–Crippen MR) is 211 cm³/mol. The van der Waals surface area contributed by atoms with Crippen molar-refractivity contribution < 1.29 is 66.0 Å². The molecule has 4 saturated heterocycles. The van der Waals surface area contributed by atoms with Crippen molar-refractivity contribution in [1.29, 1.82) is 0 Å². The second-order valence-electron chi connectivity index (χ2n) is 16.1. The minimum atomic E-state index is -5.21. The van der Waals surface area contributed by atoms with Crippen LogP contribution in [-0.4, -0.2) is 139 Å². The van der Waals surface area contributed by atoms with E-state index >= 15 is 0 Å². The van der Waals surface area contributed by atoms with Crippen LogP contribution in [0.25, 0.3) is 0 Å². The number of nitrogens with zero attached hydrogens (tertiary/aromatic N) is 4. The normalized spacial score (nSPS) is 28.0. The SMILES string of the molecule is C[C@@H]1C[C@H]2C(=O)O[C@@H](C)[C@H](NC(=O)[C@H](Cc3cc(F)cc(F)c3)NC(=O)Nc3ccccn3)C(=O)N3C[C@H](OP(=O)(O)O)C[C@H]3C(=O)N3CCCC[C@H]3C(=O)N[C@@H](C)C(=O)N2C1. The van der Waals surface area contributed by atoms with Crippen LogP contribution in [-0.2, 0) is 49.0 Å². The minimum absolute atomic E-state index is 0.0519. The largest absolute Gasteiger partial charge is 0.469 e. The van der Waals surface area contributed by atoms with E-state index in [0.29, 0.717) is 18.9 Å². The molecule has 7 amide bonds. The van der Waals surface area contributed by atoms with Gasteiger partial charge in [0.2, 0.25) is 29.5 Å². The molecule has 5 heterocycles. The number of anilines is 1. The summed E-state index contributed by atoms with van der Waals surface area (Å²) in [5, 5.41) is 10.00. The van der Waals surface area contributed by atoms with Gasteiger partial charge in [0, 0.05) is 44.7 Å². The summed E-state index contributed by atoms with van der Waals surface area (Å²) in [6.45, 7) is 4.06. The molecule has 0 aliphatic carbocycles. The molecule has 4 aliphatic rings. The number of amides is 7. The van der Waals surface area contributed by atoms with Crippen LogP contribution in [0.5, 0.6) is 0 Å². The number of nitrogens with one attached hydrogen (secondary N) is 4. The number of hydrogen-bond acceptors (Lipinski definition) is 11. The highest BCUT2D eigenvalue weighted by atomic mass is 31.2. The quantitative estimate of drug-likeness (QED) is 0.158. The summed E-state index contributed by atoms with van der Waals surface area (Å²) in [6, 6.07) is -2.48. The lowest BCUT2D eigenvalue weighted by Gasteiger charge is -2.39. The molecule has 6 N–H and O–H groups in total. The number of phosphoric ester groups is 1. The summed E-state index contributed by atoms with van der Waals surface area (Å²) in [7, 11) is -5.21. The maximum atomic E-state index is 14.9. The summed E-state index contributed by atoms with van der Waals surface area (Å²) >= 11 is 0. The van der Waals surface area contributed by atoms with Crippen LogP contribution in [0.1, 0.15) is 58.4 Å². The van der Waals surface area contributed by atoms with Crippen molar-refractivity contribution in [2.24, 2.45) is 5.92 Å². The molecule has 2 aromatic rings. The molecule has 0 radical (unpaired) electrons. The number of urea groups is 1.